The first-order valence-electron chi connectivity index (χ1n) is 7.29. The van der Waals surface area contributed by atoms with Crippen LogP contribution in [0, 0.1) is 0 Å². The molecule has 2 nitrogen and oxygen atoms in total. The van der Waals surface area contributed by atoms with Gasteiger partial charge in [-0.25, -0.2) is 0 Å². The number of aldehydes is 1. The van der Waals surface area contributed by atoms with Gasteiger partial charge in [0.15, 0.2) is 12.4 Å². The Morgan fingerprint density at radius 2 is 1.79 bits per heavy atom. The zero-order valence-electron chi connectivity index (χ0n) is 11.2. The molecule has 0 radical (unpaired) electrons. The molecule has 1 aliphatic heterocycles. The van der Waals surface area contributed by atoms with Crippen molar-refractivity contribution in [2.75, 3.05) is 0 Å². The zero-order valence-corrected chi connectivity index (χ0v) is 11.2. The van der Waals surface area contributed by atoms with Crippen molar-refractivity contribution < 1.29 is 9.53 Å². The molecule has 0 N–H and O–H groups in total. The predicted octanol–water partition coefficient (Wildman–Crippen LogP) is 4.06. The van der Waals surface area contributed by atoms with E-state index in [2.05, 4.69) is 24.3 Å². The van der Waals surface area contributed by atoms with Gasteiger partial charge in [0.2, 0.25) is 0 Å². The monoisotopic (exact) mass is 256 g/mol. The van der Waals surface area contributed by atoms with E-state index in [0.717, 1.165) is 23.5 Å². The lowest BCUT2D eigenvalue weighted by Crippen LogP contribution is -2.06. The van der Waals surface area contributed by atoms with Gasteiger partial charge in [0, 0.05) is 12.0 Å². The van der Waals surface area contributed by atoms with Gasteiger partial charge >= 0.3 is 0 Å². The highest BCUT2D eigenvalue weighted by atomic mass is 16.5. The maximum absolute atomic E-state index is 10.7. The Morgan fingerprint density at radius 1 is 1.05 bits per heavy atom. The minimum atomic E-state index is -0.284. The highest BCUT2D eigenvalue weighted by Crippen LogP contribution is 2.33. The first kappa shape index (κ1) is 12.5. The molecule has 1 aliphatic carbocycles. The SMILES string of the molecule is O=CC1CC=C(c2ccc(C3CCCCC3)cc2)O1. The summed E-state index contributed by atoms with van der Waals surface area (Å²) in [6.07, 6.45) is 10.1. The summed E-state index contributed by atoms with van der Waals surface area (Å²) in [6.45, 7) is 0. The van der Waals surface area contributed by atoms with E-state index in [-0.39, 0.29) is 6.10 Å². The first-order chi connectivity index (χ1) is 9.36. The lowest BCUT2D eigenvalue weighted by molar-refractivity contribution is -0.113. The third-order valence-corrected chi connectivity index (χ3v) is 4.24. The van der Waals surface area contributed by atoms with E-state index >= 15 is 0 Å². The van der Waals surface area contributed by atoms with Crippen molar-refractivity contribution in [2.24, 2.45) is 0 Å². The van der Waals surface area contributed by atoms with Gasteiger partial charge in [0.1, 0.15) is 5.76 Å². The van der Waals surface area contributed by atoms with Crippen LogP contribution in [0.15, 0.2) is 30.3 Å². The van der Waals surface area contributed by atoms with Gasteiger partial charge in [-0.05, 0) is 30.4 Å². The van der Waals surface area contributed by atoms with Crippen molar-refractivity contribution in [2.45, 2.75) is 50.5 Å². The molecule has 0 amide bonds. The van der Waals surface area contributed by atoms with Crippen molar-refractivity contribution in [1.82, 2.24) is 0 Å². The molecule has 1 heterocycles. The van der Waals surface area contributed by atoms with E-state index in [4.69, 9.17) is 4.74 Å². The number of carbonyl (C=O) groups is 1. The van der Waals surface area contributed by atoms with E-state index in [1.165, 1.54) is 37.7 Å². The summed E-state index contributed by atoms with van der Waals surface area (Å²) in [5, 5.41) is 0. The van der Waals surface area contributed by atoms with E-state index in [9.17, 15) is 4.79 Å². The normalized spacial score (nSPS) is 23.8. The second kappa shape index (κ2) is 5.60. The fourth-order valence-electron chi connectivity index (χ4n) is 3.11. The van der Waals surface area contributed by atoms with Gasteiger partial charge < -0.3 is 4.74 Å². The number of hydrogen-bond donors (Lipinski definition) is 0. The number of rotatable bonds is 3. The molecule has 1 aromatic rings. The molecule has 100 valence electrons. The summed E-state index contributed by atoms with van der Waals surface area (Å²) in [5.74, 6) is 1.59. The van der Waals surface area contributed by atoms with Crippen molar-refractivity contribution >= 4 is 12.0 Å². The molecule has 0 bridgehead atoms. The van der Waals surface area contributed by atoms with Crippen LogP contribution in [0.2, 0.25) is 0 Å². The lowest BCUT2D eigenvalue weighted by atomic mass is 9.84. The minimum absolute atomic E-state index is 0.284. The summed E-state index contributed by atoms with van der Waals surface area (Å²) in [5.41, 5.74) is 2.54. The number of hydrogen-bond acceptors (Lipinski definition) is 2. The van der Waals surface area contributed by atoms with Crippen LogP contribution in [-0.2, 0) is 9.53 Å². The number of carbonyl (C=O) groups excluding carboxylic acids is 1. The average Bonchev–Trinajstić information content (AvgIpc) is 2.97. The van der Waals surface area contributed by atoms with Gasteiger partial charge in [-0.1, -0.05) is 43.5 Å². The maximum Gasteiger partial charge on any atom is 0.160 e. The Morgan fingerprint density at radius 3 is 2.42 bits per heavy atom. The van der Waals surface area contributed by atoms with E-state index < -0.39 is 0 Å². The number of ether oxygens (including phenoxy) is 1. The Balaban J connectivity index is 1.70. The molecular weight excluding hydrogens is 236 g/mol. The molecule has 0 saturated heterocycles. The Kier molecular flexibility index (Phi) is 3.67. The van der Waals surface area contributed by atoms with Crippen molar-refractivity contribution in [3.05, 3.63) is 41.5 Å². The topological polar surface area (TPSA) is 26.3 Å². The van der Waals surface area contributed by atoms with Crippen LogP contribution in [0.5, 0.6) is 0 Å². The average molecular weight is 256 g/mol. The molecule has 2 aliphatic rings. The summed E-state index contributed by atoms with van der Waals surface area (Å²) in [4.78, 5) is 10.7. The maximum atomic E-state index is 10.7. The predicted molar refractivity (Wildman–Crippen MR) is 75.8 cm³/mol. The molecule has 19 heavy (non-hydrogen) atoms. The second-order valence-corrected chi connectivity index (χ2v) is 5.55. The largest absolute Gasteiger partial charge is 0.482 e. The molecule has 1 fully saturated rings. The molecule has 1 atom stereocenters. The smallest absolute Gasteiger partial charge is 0.160 e. The highest BCUT2D eigenvalue weighted by molar-refractivity contribution is 5.68. The Hall–Kier alpha value is -1.57. The third kappa shape index (κ3) is 2.73. The Bertz CT molecular complexity index is 467. The van der Waals surface area contributed by atoms with Crippen LogP contribution >= 0.6 is 0 Å². The summed E-state index contributed by atoms with van der Waals surface area (Å²) < 4.78 is 5.58. The molecule has 1 unspecified atom stereocenters. The highest BCUT2D eigenvalue weighted by Gasteiger charge is 2.19. The second-order valence-electron chi connectivity index (χ2n) is 5.55. The summed E-state index contributed by atoms with van der Waals surface area (Å²) >= 11 is 0. The van der Waals surface area contributed by atoms with E-state index in [1.54, 1.807) is 0 Å². The lowest BCUT2D eigenvalue weighted by Gasteiger charge is -2.22. The number of benzene rings is 1. The standard InChI is InChI=1S/C17H20O2/c18-12-16-10-11-17(19-16)15-8-6-14(7-9-15)13-4-2-1-3-5-13/h6-9,11-13,16H,1-5,10H2. The van der Waals surface area contributed by atoms with Crippen molar-refractivity contribution in [1.29, 1.82) is 0 Å². The van der Waals surface area contributed by atoms with E-state index in [1.807, 2.05) is 6.08 Å². The molecule has 0 aromatic heterocycles. The van der Waals surface area contributed by atoms with Crippen LogP contribution < -0.4 is 0 Å². The van der Waals surface area contributed by atoms with Gasteiger partial charge in [-0.2, -0.15) is 0 Å². The minimum Gasteiger partial charge on any atom is -0.482 e. The fourth-order valence-corrected chi connectivity index (χ4v) is 3.11. The van der Waals surface area contributed by atoms with Crippen LogP contribution in [0.3, 0.4) is 0 Å². The summed E-state index contributed by atoms with van der Waals surface area (Å²) in [7, 11) is 0. The molecule has 3 rings (SSSR count). The van der Waals surface area contributed by atoms with Crippen molar-refractivity contribution in [3.8, 4) is 0 Å². The quantitative estimate of drug-likeness (QED) is 0.762. The third-order valence-electron chi connectivity index (χ3n) is 4.24. The van der Waals surface area contributed by atoms with Crippen LogP contribution in [0.1, 0.15) is 55.6 Å². The summed E-state index contributed by atoms with van der Waals surface area (Å²) in [6, 6.07) is 8.71. The van der Waals surface area contributed by atoms with Crippen LogP contribution in [0.4, 0.5) is 0 Å². The van der Waals surface area contributed by atoms with Gasteiger partial charge in [0.05, 0.1) is 0 Å². The zero-order chi connectivity index (χ0) is 13.1. The molecule has 1 aromatic carbocycles. The van der Waals surface area contributed by atoms with Crippen LogP contribution in [-0.4, -0.2) is 12.4 Å². The molecule has 1 saturated carbocycles. The molecule has 0 spiro atoms. The molecule has 2 heteroatoms. The first-order valence-corrected chi connectivity index (χ1v) is 7.29. The van der Waals surface area contributed by atoms with E-state index in [0.29, 0.717) is 6.42 Å². The van der Waals surface area contributed by atoms with Crippen LogP contribution in [0.25, 0.3) is 5.76 Å². The van der Waals surface area contributed by atoms with Gasteiger partial charge in [0.25, 0.3) is 0 Å². The van der Waals surface area contributed by atoms with Gasteiger partial charge in [-0.3, -0.25) is 4.79 Å². The van der Waals surface area contributed by atoms with Gasteiger partial charge in [-0.15, -0.1) is 0 Å². The van der Waals surface area contributed by atoms with Crippen molar-refractivity contribution in [3.63, 3.8) is 0 Å². The molecular formula is C17H20O2. The Labute approximate surface area is 114 Å². The fraction of sp³-hybridized carbons (Fsp3) is 0.471.